The number of aromatic nitrogens is 2. The van der Waals surface area contributed by atoms with Gasteiger partial charge in [-0.1, -0.05) is 58.7 Å². The van der Waals surface area contributed by atoms with Gasteiger partial charge >= 0.3 is 6.01 Å². The Hall–Kier alpha value is -3.13. The third kappa shape index (κ3) is 6.19. The molecule has 2 fully saturated rings. The van der Waals surface area contributed by atoms with Crippen LogP contribution >= 0.6 is 27.5 Å². The SMILES string of the molecule is CC(CBr)C(=O)N1CCN(c2nc(OC[C@@H]3CCCN3C)nc3c2CCN(c2cccc4cccc(Cl)c24)C3)C[C@@H]1CC#N. The molecule has 232 valence electrons. The lowest BCUT2D eigenvalue weighted by Crippen LogP contribution is -2.57. The molecule has 3 aromatic rings. The number of likely N-dealkylation sites (tertiary alicyclic amines) is 1. The molecular weight excluding hydrogens is 642 g/mol. The maximum atomic E-state index is 13.2. The van der Waals surface area contributed by atoms with Gasteiger partial charge in [-0.2, -0.15) is 15.2 Å². The quantitative estimate of drug-likeness (QED) is 0.297. The lowest BCUT2D eigenvalue weighted by Gasteiger charge is -2.43. The number of likely N-dealkylation sites (N-methyl/N-ethyl adjacent to an activating group) is 1. The van der Waals surface area contributed by atoms with Crippen molar-refractivity contribution < 1.29 is 9.53 Å². The van der Waals surface area contributed by atoms with Crippen LogP contribution < -0.4 is 14.5 Å². The van der Waals surface area contributed by atoms with E-state index in [1.807, 2.05) is 24.0 Å². The van der Waals surface area contributed by atoms with Gasteiger partial charge in [-0.25, -0.2) is 0 Å². The average Bonchev–Trinajstić information content (AvgIpc) is 3.46. The van der Waals surface area contributed by atoms with E-state index in [1.54, 1.807) is 0 Å². The Balaban J connectivity index is 1.33. The number of fused-ring (bicyclic) bond motifs is 2. The van der Waals surface area contributed by atoms with E-state index in [0.29, 0.717) is 50.2 Å². The van der Waals surface area contributed by atoms with Crippen molar-refractivity contribution in [2.24, 2.45) is 5.92 Å². The van der Waals surface area contributed by atoms with Crippen LogP contribution in [0.1, 0.15) is 37.4 Å². The first-order valence-electron chi connectivity index (χ1n) is 15.5. The molecule has 0 aliphatic carbocycles. The smallest absolute Gasteiger partial charge is 0.318 e. The molecular formula is C33H39BrClN7O2. The molecule has 0 spiro atoms. The van der Waals surface area contributed by atoms with E-state index >= 15 is 0 Å². The van der Waals surface area contributed by atoms with Crippen molar-refractivity contribution in [3.05, 3.63) is 52.7 Å². The molecule has 0 saturated carbocycles. The van der Waals surface area contributed by atoms with Crippen molar-refractivity contribution in [1.82, 2.24) is 19.8 Å². The molecule has 3 aliphatic rings. The number of piperazine rings is 1. The van der Waals surface area contributed by atoms with Gasteiger partial charge in [-0.15, -0.1) is 0 Å². The molecule has 1 amide bonds. The molecule has 3 atom stereocenters. The summed E-state index contributed by atoms with van der Waals surface area (Å²) in [6, 6.07) is 15.2. The number of halogens is 2. The Morgan fingerprint density at radius 1 is 1.14 bits per heavy atom. The number of carbonyl (C=O) groups excluding carboxylic acids is 1. The van der Waals surface area contributed by atoms with E-state index in [-0.39, 0.29) is 24.3 Å². The number of hydrogen-bond acceptors (Lipinski definition) is 8. The number of anilines is 2. The summed E-state index contributed by atoms with van der Waals surface area (Å²) in [7, 11) is 2.14. The molecule has 2 aromatic carbocycles. The fourth-order valence-electron chi connectivity index (χ4n) is 6.79. The number of alkyl halides is 1. The highest BCUT2D eigenvalue weighted by Crippen LogP contribution is 2.37. The van der Waals surface area contributed by atoms with Crippen molar-refractivity contribution in [2.75, 3.05) is 61.5 Å². The van der Waals surface area contributed by atoms with Crippen molar-refractivity contribution in [3.8, 4) is 12.1 Å². The van der Waals surface area contributed by atoms with Gasteiger partial charge < -0.3 is 24.3 Å². The molecule has 9 nitrogen and oxygen atoms in total. The van der Waals surface area contributed by atoms with E-state index < -0.39 is 0 Å². The standard InChI is InChI=1S/C33H39BrClN7O2/c1-22(18-34)32(43)42-17-16-41(19-24(42)11-13-36)31-26-12-15-40(29-10-4-7-23-6-3-9-27(35)30(23)29)20-28(26)37-33(38-31)44-21-25-8-5-14-39(25)2/h3-4,6-7,9-10,22,24-25H,5,8,11-12,14-21H2,1-2H3/t22?,24-,25-/m0/s1. The van der Waals surface area contributed by atoms with Crippen molar-refractivity contribution in [3.63, 3.8) is 0 Å². The first-order valence-corrected chi connectivity index (χ1v) is 17.0. The van der Waals surface area contributed by atoms with Crippen LogP contribution in [0.25, 0.3) is 10.8 Å². The number of amides is 1. The summed E-state index contributed by atoms with van der Waals surface area (Å²) in [5, 5.41) is 13.1. The minimum atomic E-state index is -0.206. The Kier molecular flexibility index (Phi) is 9.45. The van der Waals surface area contributed by atoms with Crippen LogP contribution in [-0.2, 0) is 17.8 Å². The highest BCUT2D eigenvalue weighted by molar-refractivity contribution is 9.09. The molecule has 1 unspecified atom stereocenters. The van der Waals surface area contributed by atoms with Gasteiger partial charge in [-0.05, 0) is 50.4 Å². The molecule has 1 aromatic heterocycles. The second-order valence-electron chi connectivity index (χ2n) is 12.2. The van der Waals surface area contributed by atoms with Gasteiger partial charge in [0.25, 0.3) is 0 Å². The summed E-state index contributed by atoms with van der Waals surface area (Å²) < 4.78 is 6.32. The van der Waals surface area contributed by atoms with Gasteiger partial charge in [-0.3, -0.25) is 4.79 Å². The molecule has 0 bridgehead atoms. The van der Waals surface area contributed by atoms with Crippen LogP contribution in [0.2, 0.25) is 5.02 Å². The molecule has 0 N–H and O–H groups in total. The fourth-order valence-corrected chi connectivity index (χ4v) is 7.34. The number of ether oxygens (including phenoxy) is 1. The van der Waals surface area contributed by atoms with Crippen molar-refractivity contribution in [2.45, 2.75) is 51.2 Å². The zero-order chi connectivity index (χ0) is 30.8. The van der Waals surface area contributed by atoms with Gasteiger partial charge in [0.05, 0.1) is 35.8 Å². The third-order valence-electron chi connectivity index (χ3n) is 9.32. The average molecular weight is 681 g/mol. The lowest BCUT2D eigenvalue weighted by molar-refractivity contribution is -0.137. The second-order valence-corrected chi connectivity index (χ2v) is 13.2. The molecule has 11 heteroatoms. The molecule has 44 heavy (non-hydrogen) atoms. The first-order chi connectivity index (χ1) is 21.4. The molecule has 0 radical (unpaired) electrons. The Morgan fingerprint density at radius 2 is 1.95 bits per heavy atom. The van der Waals surface area contributed by atoms with Crippen LogP contribution in [0.5, 0.6) is 6.01 Å². The molecule has 3 aliphatic heterocycles. The maximum absolute atomic E-state index is 13.2. The number of rotatable bonds is 8. The van der Waals surface area contributed by atoms with E-state index in [9.17, 15) is 10.1 Å². The summed E-state index contributed by atoms with van der Waals surface area (Å²) in [5.74, 6) is 0.807. The van der Waals surface area contributed by atoms with Gasteiger partial charge in [0.15, 0.2) is 0 Å². The van der Waals surface area contributed by atoms with E-state index in [1.165, 1.54) is 6.42 Å². The van der Waals surface area contributed by atoms with Crippen LogP contribution in [0.15, 0.2) is 36.4 Å². The van der Waals surface area contributed by atoms with Crippen LogP contribution in [-0.4, -0.2) is 89.5 Å². The minimum Gasteiger partial charge on any atom is -0.462 e. The van der Waals surface area contributed by atoms with E-state index in [2.05, 4.69) is 68.0 Å². The monoisotopic (exact) mass is 679 g/mol. The van der Waals surface area contributed by atoms with Crippen LogP contribution in [0.4, 0.5) is 11.5 Å². The Bertz CT molecular complexity index is 1560. The molecule has 6 rings (SSSR count). The number of carbonyl (C=O) groups is 1. The third-order valence-corrected chi connectivity index (χ3v) is 10.6. The van der Waals surface area contributed by atoms with Crippen LogP contribution in [0.3, 0.4) is 0 Å². The number of benzene rings is 2. The largest absolute Gasteiger partial charge is 0.462 e. The number of nitrogens with zero attached hydrogens (tertiary/aromatic N) is 7. The lowest BCUT2D eigenvalue weighted by atomic mass is 10.0. The highest BCUT2D eigenvalue weighted by Gasteiger charge is 2.35. The van der Waals surface area contributed by atoms with Gasteiger partial charge in [0, 0.05) is 60.1 Å². The Morgan fingerprint density at radius 3 is 2.70 bits per heavy atom. The summed E-state index contributed by atoms with van der Waals surface area (Å²) in [6.07, 6.45) is 3.31. The fraction of sp³-hybridized carbons (Fsp3) is 0.515. The Labute approximate surface area is 272 Å². The van der Waals surface area contributed by atoms with Gasteiger partial charge in [0.2, 0.25) is 5.91 Å². The van der Waals surface area contributed by atoms with Crippen LogP contribution in [0, 0.1) is 17.2 Å². The predicted octanol–water partition coefficient (Wildman–Crippen LogP) is 5.28. The molecule has 4 heterocycles. The normalized spacial score (nSPS) is 21.3. The number of hydrogen-bond donors (Lipinski definition) is 0. The molecule has 2 saturated heterocycles. The zero-order valence-corrected chi connectivity index (χ0v) is 27.7. The van der Waals surface area contributed by atoms with Crippen molar-refractivity contribution in [1.29, 1.82) is 5.26 Å². The topological polar surface area (TPSA) is 88.8 Å². The predicted molar refractivity (Wildman–Crippen MR) is 178 cm³/mol. The minimum absolute atomic E-state index is 0.0839. The summed E-state index contributed by atoms with van der Waals surface area (Å²) in [4.78, 5) is 32.0. The number of nitriles is 1. The van der Waals surface area contributed by atoms with Gasteiger partial charge in [0.1, 0.15) is 12.4 Å². The summed E-state index contributed by atoms with van der Waals surface area (Å²) in [5.41, 5.74) is 3.15. The highest BCUT2D eigenvalue weighted by atomic mass is 79.9. The van der Waals surface area contributed by atoms with E-state index in [0.717, 1.165) is 64.5 Å². The second kappa shape index (κ2) is 13.5. The van der Waals surface area contributed by atoms with Crippen molar-refractivity contribution >= 4 is 55.7 Å². The maximum Gasteiger partial charge on any atom is 0.318 e. The van der Waals surface area contributed by atoms with E-state index in [4.69, 9.17) is 26.3 Å². The summed E-state index contributed by atoms with van der Waals surface area (Å²) >= 11 is 10.2. The first kappa shape index (κ1) is 30.9. The zero-order valence-electron chi connectivity index (χ0n) is 25.4. The summed E-state index contributed by atoms with van der Waals surface area (Å²) in [6.45, 7) is 6.68.